The fraction of sp³-hybridized carbons (Fsp3) is 0.444. The van der Waals surface area contributed by atoms with E-state index in [-0.39, 0.29) is 5.91 Å². The van der Waals surface area contributed by atoms with E-state index in [9.17, 15) is 4.79 Å². The van der Waals surface area contributed by atoms with Gasteiger partial charge in [-0.2, -0.15) is 0 Å². The van der Waals surface area contributed by atoms with Crippen LogP contribution in [0.4, 0.5) is 5.13 Å². The number of benzene rings is 1. The Kier molecular flexibility index (Phi) is 4.66. The molecule has 1 aromatic carbocycles. The van der Waals surface area contributed by atoms with Gasteiger partial charge in [0, 0.05) is 17.4 Å². The van der Waals surface area contributed by atoms with Gasteiger partial charge in [0.05, 0.1) is 12.8 Å². The Morgan fingerprint density at radius 2 is 2.26 bits per heavy atom. The van der Waals surface area contributed by atoms with E-state index in [1.807, 2.05) is 24.4 Å². The Morgan fingerprint density at radius 1 is 1.48 bits per heavy atom. The molecule has 3 rings (SSSR count). The average Bonchev–Trinajstić information content (AvgIpc) is 3.28. The molecule has 0 spiro atoms. The van der Waals surface area contributed by atoms with Crippen molar-refractivity contribution < 1.29 is 9.53 Å². The highest BCUT2D eigenvalue weighted by Gasteiger charge is 2.29. The fourth-order valence-corrected chi connectivity index (χ4v) is 3.50. The molecule has 1 aliphatic rings. The molecule has 2 aromatic rings. The normalized spacial score (nSPS) is 15.3. The largest absolute Gasteiger partial charge is 0.496 e. The van der Waals surface area contributed by atoms with Gasteiger partial charge >= 0.3 is 0 Å². The monoisotopic (exact) mass is 330 g/mol. The lowest BCUT2D eigenvalue weighted by molar-refractivity contribution is -0.117. The molecule has 1 aliphatic carbocycles. The van der Waals surface area contributed by atoms with Crippen LogP contribution in [0.2, 0.25) is 0 Å². The van der Waals surface area contributed by atoms with Gasteiger partial charge in [-0.3, -0.25) is 4.79 Å². The summed E-state index contributed by atoms with van der Waals surface area (Å²) in [6.07, 6.45) is 3.11. The second-order valence-corrected chi connectivity index (χ2v) is 7.17. The first kappa shape index (κ1) is 16.0. The summed E-state index contributed by atoms with van der Waals surface area (Å²) in [6.45, 7) is 4.19. The maximum absolute atomic E-state index is 12.1. The van der Waals surface area contributed by atoms with Crippen molar-refractivity contribution in [2.24, 2.45) is 11.8 Å². The van der Waals surface area contributed by atoms with Gasteiger partial charge in [0.1, 0.15) is 5.75 Å². The number of thiazole rings is 1. The molecule has 5 heteroatoms. The number of carbonyl (C=O) groups excluding carboxylic acids is 1. The van der Waals surface area contributed by atoms with Gasteiger partial charge in [0.15, 0.2) is 5.13 Å². The molecule has 1 atom stereocenters. The molecule has 1 aromatic heterocycles. The van der Waals surface area contributed by atoms with E-state index in [0.717, 1.165) is 28.5 Å². The number of rotatable bonds is 6. The molecule has 1 fully saturated rings. The molecule has 4 nitrogen and oxygen atoms in total. The molecule has 1 saturated carbocycles. The second-order valence-electron chi connectivity index (χ2n) is 6.31. The van der Waals surface area contributed by atoms with E-state index in [1.54, 1.807) is 7.11 Å². The van der Waals surface area contributed by atoms with Crippen LogP contribution in [0.25, 0.3) is 11.3 Å². The number of methoxy groups -OCH3 is 1. The molecule has 1 amide bonds. The van der Waals surface area contributed by atoms with Gasteiger partial charge in [0.2, 0.25) is 5.91 Å². The SMILES string of the molecule is COc1ccc(C)cc1-c1csc(NC(=O)CC(C)C2CC2)n1. The number of nitrogens with one attached hydrogen (secondary N) is 1. The predicted octanol–water partition coefficient (Wildman–Crippen LogP) is 4.50. The van der Waals surface area contributed by atoms with Gasteiger partial charge in [-0.05, 0) is 43.7 Å². The molecular weight excluding hydrogens is 308 g/mol. The van der Waals surface area contributed by atoms with Crippen molar-refractivity contribution in [3.8, 4) is 17.0 Å². The molecule has 122 valence electrons. The number of anilines is 1. The van der Waals surface area contributed by atoms with Crippen molar-refractivity contribution in [2.45, 2.75) is 33.1 Å². The van der Waals surface area contributed by atoms with Crippen molar-refractivity contribution >= 4 is 22.4 Å². The lowest BCUT2D eigenvalue weighted by atomic mass is 10.0. The molecule has 0 saturated heterocycles. The van der Waals surface area contributed by atoms with Crippen LogP contribution in [0.3, 0.4) is 0 Å². The van der Waals surface area contributed by atoms with E-state index in [1.165, 1.54) is 24.2 Å². The molecule has 0 aliphatic heterocycles. The number of aryl methyl sites for hydroxylation is 1. The summed E-state index contributed by atoms with van der Waals surface area (Å²) in [6, 6.07) is 6.00. The molecule has 0 bridgehead atoms. The predicted molar refractivity (Wildman–Crippen MR) is 94.0 cm³/mol. The van der Waals surface area contributed by atoms with E-state index in [4.69, 9.17) is 4.74 Å². The molecule has 1 unspecified atom stereocenters. The van der Waals surface area contributed by atoms with E-state index >= 15 is 0 Å². The number of aromatic nitrogens is 1. The zero-order valence-corrected chi connectivity index (χ0v) is 14.6. The van der Waals surface area contributed by atoms with E-state index in [0.29, 0.717) is 17.5 Å². The second kappa shape index (κ2) is 6.71. The molecule has 23 heavy (non-hydrogen) atoms. The van der Waals surface area contributed by atoms with Crippen LogP contribution in [0, 0.1) is 18.8 Å². The van der Waals surface area contributed by atoms with Crippen LogP contribution in [0.1, 0.15) is 31.7 Å². The third kappa shape index (κ3) is 3.91. The van der Waals surface area contributed by atoms with Crippen LogP contribution >= 0.6 is 11.3 Å². The number of nitrogens with zero attached hydrogens (tertiary/aromatic N) is 1. The average molecular weight is 330 g/mol. The minimum Gasteiger partial charge on any atom is -0.496 e. The highest BCUT2D eigenvalue weighted by atomic mass is 32.1. The highest BCUT2D eigenvalue weighted by Crippen LogP contribution is 2.38. The van der Waals surface area contributed by atoms with Crippen LogP contribution in [0.5, 0.6) is 5.75 Å². The Bertz CT molecular complexity index is 707. The number of carbonyl (C=O) groups is 1. The Morgan fingerprint density at radius 3 is 2.96 bits per heavy atom. The van der Waals surface area contributed by atoms with Gasteiger partial charge in [-0.1, -0.05) is 18.6 Å². The molecule has 1 N–H and O–H groups in total. The summed E-state index contributed by atoms with van der Waals surface area (Å²) in [5, 5.41) is 5.53. The van der Waals surface area contributed by atoms with Gasteiger partial charge in [-0.15, -0.1) is 11.3 Å². The minimum absolute atomic E-state index is 0.0570. The van der Waals surface area contributed by atoms with Crippen molar-refractivity contribution in [2.75, 3.05) is 12.4 Å². The van der Waals surface area contributed by atoms with Crippen LogP contribution in [-0.4, -0.2) is 18.0 Å². The quantitative estimate of drug-likeness (QED) is 0.848. The topological polar surface area (TPSA) is 51.2 Å². The zero-order chi connectivity index (χ0) is 16.4. The Hall–Kier alpha value is -1.88. The van der Waals surface area contributed by atoms with E-state index in [2.05, 4.69) is 23.3 Å². The lowest BCUT2D eigenvalue weighted by Crippen LogP contribution is -2.15. The van der Waals surface area contributed by atoms with E-state index < -0.39 is 0 Å². The number of amides is 1. The zero-order valence-electron chi connectivity index (χ0n) is 13.8. The molecular formula is C18H22N2O2S. The van der Waals surface area contributed by atoms with Crippen molar-refractivity contribution in [3.05, 3.63) is 29.1 Å². The van der Waals surface area contributed by atoms with Gasteiger partial charge < -0.3 is 10.1 Å². The maximum Gasteiger partial charge on any atom is 0.226 e. The summed E-state index contributed by atoms with van der Waals surface area (Å²) >= 11 is 1.45. The first-order valence-corrected chi connectivity index (χ1v) is 8.85. The van der Waals surface area contributed by atoms with Crippen LogP contribution in [-0.2, 0) is 4.79 Å². The maximum atomic E-state index is 12.1. The third-order valence-corrected chi connectivity index (χ3v) is 5.07. The highest BCUT2D eigenvalue weighted by molar-refractivity contribution is 7.14. The van der Waals surface area contributed by atoms with Crippen molar-refractivity contribution in [3.63, 3.8) is 0 Å². The number of ether oxygens (including phenoxy) is 1. The minimum atomic E-state index is 0.0570. The third-order valence-electron chi connectivity index (χ3n) is 4.32. The Balaban J connectivity index is 1.70. The van der Waals surface area contributed by atoms with Gasteiger partial charge in [-0.25, -0.2) is 4.98 Å². The van der Waals surface area contributed by atoms with Gasteiger partial charge in [0.25, 0.3) is 0 Å². The summed E-state index contributed by atoms with van der Waals surface area (Å²) in [5.41, 5.74) is 2.94. The van der Waals surface area contributed by atoms with Crippen LogP contribution < -0.4 is 10.1 Å². The first-order chi connectivity index (χ1) is 11.1. The Labute approximate surface area is 140 Å². The molecule has 1 heterocycles. The van der Waals surface area contributed by atoms with Crippen molar-refractivity contribution in [1.29, 1.82) is 0 Å². The van der Waals surface area contributed by atoms with Crippen molar-refractivity contribution in [1.82, 2.24) is 4.98 Å². The summed E-state index contributed by atoms with van der Waals surface area (Å²) in [4.78, 5) is 16.7. The number of hydrogen-bond acceptors (Lipinski definition) is 4. The standard InChI is InChI=1S/C18H22N2O2S/c1-11-4-7-16(22-3)14(8-11)15-10-23-18(19-15)20-17(21)9-12(2)13-5-6-13/h4,7-8,10,12-13H,5-6,9H2,1-3H3,(H,19,20,21). The fourth-order valence-electron chi connectivity index (χ4n) is 2.77. The summed E-state index contributed by atoms with van der Waals surface area (Å²) in [7, 11) is 1.66. The molecule has 0 radical (unpaired) electrons. The summed E-state index contributed by atoms with van der Waals surface area (Å²) in [5.74, 6) is 2.05. The first-order valence-electron chi connectivity index (χ1n) is 7.97. The number of hydrogen-bond donors (Lipinski definition) is 1. The lowest BCUT2D eigenvalue weighted by Gasteiger charge is -2.09. The smallest absolute Gasteiger partial charge is 0.226 e. The summed E-state index contributed by atoms with van der Waals surface area (Å²) < 4.78 is 5.41. The van der Waals surface area contributed by atoms with Crippen LogP contribution in [0.15, 0.2) is 23.6 Å².